The Morgan fingerprint density at radius 3 is 2.35 bits per heavy atom. The van der Waals surface area contributed by atoms with Crippen molar-refractivity contribution >= 4 is 24.8 Å². The van der Waals surface area contributed by atoms with Crippen LogP contribution in [-0.4, -0.2) is 50.8 Å². The van der Waals surface area contributed by atoms with E-state index in [0.29, 0.717) is 12.6 Å². The van der Waals surface area contributed by atoms with Gasteiger partial charge in [-0.3, -0.25) is 4.90 Å². The average molecular weight is 323 g/mol. The van der Waals surface area contributed by atoms with E-state index in [-0.39, 0.29) is 24.8 Å². The highest BCUT2D eigenvalue weighted by atomic mass is 35.5. The molecule has 1 heterocycles. The topological polar surface area (TPSA) is 33.7 Å². The summed E-state index contributed by atoms with van der Waals surface area (Å²) in [7, 11) is 1.67. The van der Waals surface area contributed by atoms with Crippen LogP contribution in [0.2, 0.25) is 0 Å². The SMILES string of the molecule is COc1ccccc1OCC(C)N1CCNCC1.Cl.Cl. The van der Waals surface area contributed by atoms with Crippen molar-refractivity contribution in [2.75, 3.05) is 39.9 Å². The van der Waals surface area contributed by atoms with Gasteiger partial charge in [-0.2, -0.15) is 0 Å². The predicted octanol–water partition coefficient (Wildman–Crippen LogP) is 2.21. The number of para-hydroxylation sites is 2. The summed E-state index contributed by atoms with van der Waals surface area (Å²) in [4.78, 5) is 2.45. The molecule has 1 aromatic carbocycles. The highest BCUT2D eigenvalue weighted by molar-refractivity contribution is 5.85. The number of rotatable bonds is 5. The molecule has 4 nitrogen and oxygen atoms in total. The zero-order chi connectivity index (χ0) is 12.8. The summed E-state index contributed by atoms with van der Waals surface area (Å²) in [5.74, 6) is 1.62. The Hall–Kier alpha value is -0.680. The monoisotopic (exact) mass is 322 g/mol. The lowest BCUT2D eigenvalue weighted by molar-refractivity contribution is 0.130. The minimum Gasteiger partial charge on any atom is -0.493 e. The van der Waals surface area contributed by atoms with Gasteiger partial charge in [-0.15, -0.1) is 24.8 Å². The van der Waals surface area contributed by atoms with Gasteiger partial charge in [-0.25, -0.2) is 0 Å². The second-order valence-corrected chi connectivity index (χ2v) is 4.60. The van der Waals surface area contributed by atoms with Gasteiger partial charge >= 0.3 is 0 Å². The Bertz CT molecular complexity index is 374. The molecule has 0 spiro atoms. The third-order valence-corrected chi connectivity index (χ3v) is 3.32. The molecule has 0 radical (unpaired) electrons. The van der Waals surface area contributed by atoms with Crippen molar-refractivity contribution in [2.24, 2.45) is 0 Å². The van der Waals surface area contributed by atoms with Gasteiger partial charge in [0.05, 0.1) is 7.11 Å². The molecule has 1 saturated heterocycles. The van der Waals surface area contributed by atoms with E-state index in [1.807, 2.05) is 24.3 Å². The average Bonchev–Trinajstić information content (AvgIpc) is 2.46. The lowest BCUT2D eigenvalue weighted by atomic mass is 10.2. The number of halogens is 2. The molecule has 6 heteroatoms. The number of hydrogen-bond acceptors (Lipinski definition) is 4. The van der Waals surface area contributed by atoms with Gasteiger partial charge in [0.25, 0.3) is 0 Å². The van der Waals surface area contributed by atoms with Crippen LogP contribution in [0.5, 0.6) is 11.5 Å². The summed E-state index contributed by atoms with van der Waals surface area (Å²) in [6.07, 6.45) is 0. The number of piperazine rings is 1. The van der Waals surface area contributed by atoms with Crippen LogP contribution >= 0.6 is 24.8 Å². The molecular weight excluding hydrogens is 299 g/mol. The number of nitrogens with zero attached hydrogens (tertiary/aromatic N) is 1. The molecule has 0 bridgehead atoms. The Labute approximate surface area is 133 Å². The van der Waals surface area contributed by atoms with Crippen molar-refractivity contribution in [2.45, 2.75) is 13.0 Å². The number of nitrogens with one attached hydrogen (secondary N) is 1. The standard InChI is InChI=1S/C14H22N2O2.2ClH/c1-12(16-9-7-15-8-10-16)11-18-14-6-4-3-5-13(14)17-2;;/h3-6,12,15H,7-11H2,1-2H3;2*1H. The smallest absolute Gasteiger partial charge is 0.161 e. The largest absolute Gasteiger partial charge is 0.493 e. The van der Waals surface area contributed by atoms with Crippen molar-refractivity contribution in [3.63, 3.8) is 0 Å². The molecule has 1 aliphatic heterocycles. The molecule has 1 unspecified atom stereocenters. The first-order valence-electron chi connectivity index (χ1n) is 6.52. The lowest BCUT2D eigenvalue weighted by Gasteiger charge is -2.32. The van der Waals surface area contributed by atoms with Crippen molar-refractivity contribution in [1.29, 1.82) is 0 Å². The molecule has 116 valence electrons. The minimum absolute atomic E-state index is 0. The quantitative estimate of drug-likeness (QED) is 0.901. The number of hydrogen-bond donors (Lipinski definition) is 1. The van der Waals surface area contributed by atoms with Crippen LogP contribution in [0.15, 0.2) is 24.3 Å². The zero-order valence-corrected chi connectivity index (χ0v) is 13.6. The van der Waals surface area contributed by atoms with E-state index < -0.39 is 0 Å². The van der Waals surface area contributed by atoms with E-state index in [4.69, 9.17) is 9.47 Å². The van der Waals surface area contributed by atoms with Gasteiger partial charge in [0.15, 0.2) is 11.5 Å². The van der Waals surface area contributed by atoms with Gasteiger partial charge in [-0.05, 0) is 19.1 Å². The maximum Gasteiger partial charge on any atom is 0.161 e. The van der Waals surface area contributed by atoms with E-state index in [2.05, 4.69) is 17.1 Å². The Morgan fingerprint density at radius 1 is 1.15 bits per heavy atom. The zero-order valence-electron chi connectivity index (χ0n) is 12.0. The molecule has 2 rings (SSSR count). The van der Waals surface area contributed by atoms with Gasteiger partial charge < -0.3 is 14.8 Å². The Balaban J connectivity index is 0.00000180. The second kappa shape index (κ2) is 10.1. The van der Waals surface area contributed by atoms with E-state index >= 15 is 0 Å². The normalized spacial score (nSPS) is 16.5. The maximum absolute atomic E-state index is 5.86. The van der Waals surface area contributed by atoms with Crippen LogP contribution in [0.3, 0.4) is 0 Å². The lowest BCUT2D eigenvalue weighted by Crippen LogP contribution is -2.49. The molecular formula is C14H24Cl2N2O2. The van der Waals surface area contributed by atoms with E-state index in [1.54, 1.807) is 7.11 Å². The first-order valence-corrected chi connectivity index (χ1v) is 6.52. The number of ether oxygens (including phenoxy) is 2. The summed E-state index contributed by atoms with van der Waals surface area (Å²) < 4.78 is 11.1. The summed E-state index contributed by atoms with van der Waals surface area (Å²) >= 11 is 0. The van der Waals surface area contributed by atoms with Crippen molar-refractivity contribution < 1.29 is 9.47 Å². The fourth-order valence-electron chi connectivity index (χ4n) is 2.18. The van der Waals surface area contributed by atoms with E-state index in [0.717, 1.165) is 37.7 Å². The Kier molecular flexibility index (Phi) is 9.76. The van der Waals surface area contributed by atoms with Crippen molar-refractivity contribution in [3.8, 4) is 11.5 Å². The molecule has 0 amide bonds. The first kappa shape index (κ1) is 19.3. The molecule has 1 aromatic rings. The molecule has 1 aliphatic rings. The summed E-state index contributed by atoms with van der Waals surface area (Å²) in [6, 6.07) is 8.21. The van der Waals surface area contributed by atoms with Crippen LogP contribution in [0.1, 0.15) is 6.92 Å². The van der Waals surface area contributed by atoms with Gasteiger partial charge in [0, 0.05) is 32.2 Å². The summed E-state index contributed by atoms with van der Waals surface area (Å²) in [5, 5.41) is 3.36. The minimum atomic E-state index is 0. The third kappa shape index (κ3) is 5.37. The maximum atomic E-state index is 5.86. The fraction of sp³-hybridized carbons (Fsp3) is 0.571. The molecule has 1 fully saturated rings. The van der Waals surface area contributed by atoms with Crippen LogP contribution < -0.4 is 14.8 Å². The summed E-state index contributed by atoms with van der Waals surface area (Å²) in [5.41, 5.74) is 0. The Morgan fingerprint density at radius 2 is 1.75 bits per heavy atom. The third-order valence-electron chi connectivity index (χ3n) is 3.32. The molecule has 20 heavy (non-hydrogen) atoms. The van der Waals surface area contributed by atoms with E-state index in [9.17, 15) is 0 Å². The molecule has 0 aromatic heterocycles. The van der Waals surface area contributed by atoms with Crippen molar-refractivity contribution in [1.82, 2.24) is 10.2 Å². The van der Waals surface area contributed by atoms with Crippen LogP contribution in [0.4, 0.5) is 0 Å². The van der Waals surface area contributed by atoms with Gasteiger partial charge in [0.2, 0.25) is 0 Å². The van der Waals surface area contributed by atoms with E-state index in [1.165, 1.54) is 0 Å². The number of methoxy groups -OCH3 is 1. The molecule has 1 N–H and O–H groups in total. The highest BCUT2D eigenvalue weighted by Crippen LogP contribution is 2.26. The van der Waals surface area contributed by atoms with Gasteiger partial charge in [0.1, 0.15) is 6.61 Å². The summed E-state index contributed by atoms with van der Waals surface area (Å²) in [6.45, 7) is 7.23. The molecule has 0 aliphatic carbocycles. The first-order chi connectivity index (χ1) is 8.81. The number of benzene rings is 1. The van der Waals surface area contributed by atoms with Crippen LogP contribution in [0, 0.1) is 0 Å². The molecule has 0 saturated carbocycles. The predicted molar refractivity (Wildman–Crippen MR) is 86.9 cm³/mol. The second-order valence-electron chi connectivity index (χ2n) is 4.60. The van der Waals surface area contributed by atoms with Crippen LogP contribution in [-0.2, 0) is 0 Å². The fourth-order valence-corrected chi connectivity index (χ4v) is 2.18. The molecule has 1 atom stereocenters. The highest BCUT2D eigenvalue weighted by Gasteiger charge is 2.17. The van der Waals surface area contributed by atoms with Crippen molar-refractivity contribution in [3.05, 3.63) is 24.3 Å². The van der Waals surface area contributed by atoms with Crippen LogP contribution in [0.25, 0.3) is 0 Å². The van der Waals surface area contributed by atoms with Gasteiger partial charge in [-0.1, -0.05) is 12.1 Å².